The third kappa shape index (κ3) is 3.38. The summed E-state index contributed by atoms with van der Waals surface area (Å²) in [5.41, 5.74) is -0.444. The van der Waals surface area contributed by atoms with E-state index in [9.17, 15) is 9.59 Å². The van der Waals surface area contributed by atoms with E-state index in [1.165, 1.54) is 24.0 Å². The van der Waals surface area contributed by atoms with Crippen molar-refractivity contribution in [2.24, 2.45) is 5.10 Å². The van der Waals surface area contributed by atoms with Crippen molar-refractivity contribution in [3.8, 4) is 0 Å². The van der Waals surface area contributed by atoms with Gasteiger partial charge in [0.25, 0.3) is 5.91 Å². The van der Waals surface area contributed by atoms with Gasteiger partial charge >= 0.3 is 6.03 Å². The number of rotatable bonds is 4. The number of halogens is 1. The summed E-state index contributed by atoms with van der Waals surface area (Å²) >= 11 is 7.66. The molecule has 28 heavy (non-hydrogen) atoms. The van der Waals surface area contributed by atoms with E-state index in [1.807, 2.05) is 18.2 Å². The average molecular weight is 418 g/mol. The van der Waals surface area contributed by atoms with Gasteiger partial charge < -0.3 is 10.2 Å². The molecule has 1 aromatic carbocycles. The fraction of sp³-hybridized carbons (Fsp3) is 0.368. The molecule has 2 saturated heterocycles. The molecule has 146 valence electrons. The van der Waals surface area contributed by atoms with Crippen LogP contribution in [0.3, 0.4) is 0 Å². The average Bonchev–Trinajstić information content (AvgIpc) is 3.19. The summed E-state index contributed by atoms with van der Waals surface area (Å²) in [5, 5.41) is 8.86. The molecule has 3 amide bonds. The van der Waals surface area contributed by atoms with Crippen molar-refractivity contribution in [3.05, 3.63) is 45.9 Å². The van der Waals surface area contributed by atoms with Gasteiger partial charge in [0, 0.05) is 13.1 Å². The molecule has 2 aromatic rings. The lowest BCUT2D eigenvalue weighted by molar-refractivity contribution is -0.131. The Labute approximate surface area is 172 Å². The topological polar surface area (TPSA) is 77.9 Å². The molecule has 0 aliphatic carbocycles. The molecule has 3 heterocycles. The van der Waals surface area contributed by atoms with Crippen molar-refractivity contribution in [1.29, 1.82) is 0 Å². The van der Waals surface area contributed by atoms with E-state index in [2.05, 4.69) is 20.3 Å². The monoisotopic (exact) mass is 417 g/mol. The third-order valence-corrected chi connectivity index (χ3v) is 6.49. The Morgan fingerprint density at radius 1 is 1.21 bits per heavy atom. The Morgan fingerprint density at radius 2 is 1.93 bits per heavy atom. The predicted octanol–water partition coefficient (Wildman–Crippen LogP) is 3.59. The lowest BCUT2D eigenvalue weighted by Crippen LogP contribution is -2.40. The van der Waals surface area contributed by atoms with Gasteiger partial charge in [-0.15, -0.1) is 5.01 Å². The van der Waals surface area contributed by atoms with E-state index in [0.29, 0.717) is 15.6 Å². The third-order valence-electron chi connectivity index (χ3n) is 5.04. The van der Waals surface area contributed by atoms with Crippen LogP contribution in [-0.4, -0.2) is 41.2 Å². The minimum Gasteiger partial charge on any atom is -0.348 e. The molecular formula is C19H20ClN5O2S. The van der Waals surface area contributed by atoms with Gasteiger partial charge in [-0.25, -0.2) is 9.78 Å². The second-order valence-electron chi connectivity index (χ2n) is 6.98. The summed E-state index contributed by atoms with van der Waals surface area (Å²) < 4.78 is 0. The van der Waals surface area contributed by atoms with E-state index in [0.717, 1.165) is 36.1 Å². The number of nitrogens with one attached hydrogen (secondary N) is 1. The van der Waals surface area contributed by atoms with Crippen LogP contribution in [0.25, 0.3) is 0 Å². The first-order valence-corrected chi connectivity index (χ1v) is 10.4. The minimum absolute atomic E-state index is 0.326. The van der Waals surface area contributed by atoms with Gasteiger partial charge in [0.15, 0.2) is 10.3 Å². The highest BCUT2D eigenvalue weighted by Gasteiger charge is 2.49. The number of nitrogens with zero attached hydrogens (tertiary/aromatic N) is 4. The van der Waals surface area contributed by atoms with Crippen LogP contribution in [0.5, 0.6) is 0 Å². The fourth-order valence-electron chi connectivity index (χ4n) is 3.41. The first-order chi connectivity index (χ1) is 13.5. The van der Waals surface area contributed by atoms with Gasteiger partial charge in [-0.3, -0.25) is 4.79 Å². The number of anilines is 1. The first-order valence-electron chi connectivity index (χ1n) is 9.16. The number of carbonyl (C=O) groups excluding carboxylic acids is 2. The number of piperidine rings is 1. The van der Waals surface area contributed by atoms with Gasteiger partial charge in [-0.05, 0) is 31.7 Å². The second-order valence-corrected chi connectivity index (χ2v) is 8.35. The standard InChI is InChI=1S/C19H20ClN5O2S/c1-19(13-8-4-2-5-9-13)16(26)25(17(27)23-19)21-12-14-15(20)22-18(28-14)24-10-6-3-7-11-24/h2,4-5,8-9,12H,3,6-7,10-11H2,1H3,(H,23,27)/b21-12-/t19-/m0/s1. The second kappa shape index (κ2) is 7.52. The fourth-order valence-corrected chi connectivity index (χ4v) is 4.58. The zero-order chi connectivity index (χ0) is 19.7. The van der Waals surface area contributed by atoms with Crippen molar-refractivity contribution in [2.45, 2.75) is 31.7 Å². The predicted molar refractivity (Wildman–Crippen MR) is 110 cm³/mol. The Balaban J connectivity index is 1.54. The lowest BCUT2D eigenvalue weighted by atomic mass is 9.92. The Morgan fingerprint density at radius 3 is 2.64 bits per heavy atom. The number of hydrazone groups is 1. The van der Waals surface area contributed by atoms with Crippen molar-refractivity contribution in [2.75, 3.05) is 18.0 Å². The molecule has 0 radical (unpaired) electrons. The normalized spacial score (nSPS) is 22.9. The number of carbonyl (C=O) groups is 2. The molecule has 1 N–H and O–H groups in total. The van der Waals surface area contributed by atoms with Crippen molar-refractivity contribution >= 4 is 46.2 Å². The molecule has 4 rings (SSSR count). The van der Waals surface area contributed by atoms with Gasteiger partial charge in [-0.1, -0.05) is 53.3 Å². The van der Waals surface area contributed by atoms with Crippen LogP contribution in [0.4, 0.5) is 9.93 Å². The molecule has 9 heteroatoms. The van der Waals surface area contributed by atoms with Crippen LogP contribution in [-0.2, 0) is 10.3 Å². The van der Waals surface area contributed by atoms with E-state index in [4.69, 9.17) is 11.6 Å². The van der Waals surface area contributed by atoms with Crippen LogP contribution in [0.15, 0.2) is 35.4 Å². The molecule has 1 atom stereocenters. The van der Waals surface area contributed by atoms with Crippen LogP contribution >= 0.6 is 22.9 Å². The van der Waals surface area contributed by atoms with E-state index in [1.54, 1.807) is 19.1 Å². The number of benzene rings is 1. The van der Waals surface area contributed by atoms with E-state index >= 15 is 0 Å². The Kier molecular flexibility index (Phi) is 5.07. The van der Waals surface area contributed by atoms with E-state index in [-0.39, 0.29) is 0 Å². The van der Waals surface area contributed by atoms with Crippen LogP contribution in [0.1, 0.15) is 36.6 Å². The molecule has 2 aliphatic heterocycles. The van der Waals surface area contributed by atoms with E-state index < -0.39 is 17.5 Å². The SMILES string of the molecule is C[C@@]1(c2ccccc2)NC(=O)N(/N=C\c2sc(N3CCCCC3)nc2Cl)C1=O. The van der Waals surface area contributed by atoms with Crippen molar-refractivity contribution in [3.63, 3.8) is 0 Å². The summed E-state index contributed by atoms with van der Waals surface area (Å²) in [4.78, 5) is 32.5. The molecule has 0 unspecified atom stereocenters. The number of imide groups is 1. The Hall–Kier alpha value is -2.45. The Bertz CT molecular complexity index is 926. The maximum atomic E-state index is 12.9. The number of aromatic nitrogens is 1. The quantitative estimate of drug-likeness (QED) is 0.609. The maximum absolute atomic E-state index is 12.9. The molecule has 2 fully saturated rings. The molecule has 7 nitrogen and oxygen atoms in total. The number of urea groups is 1. The number of amides is 3. The number of hydrogen-bond donors (Lipinski definition) is 1. The molecule has 1 aromatic heterocycles. The lowest BCUT2D eigenvalue weighted by Gasteiger charge is -2.25. The highest BCUT2D eigenvalue weighted by molar-refractivity contribution is 7.17. The molecule has 2 aliphatic rings. The largest absolute Gasteiger partial charge is 0.348 e. The first kappa shape index (κ1) is 18.9. The molecule has 0 saturated carbocycles. The van der Waals surface area contributed by atoms with Crippen molar-refractivity contribution in [1.82, 2.24) is 15.3 Å². The minimum atomic E-state index is -1.15. The number of thiazole rings is 1. The highest BCUT2D eigenvalue weighted by atomic mass is 35.5. The zero-order valence-corrected chi connectivity index (χ0v) is 17.0. The smallest absolute Gasteiger partial charge is 0.346 e. The molecular weight excluding hydrogens is 398 g/mol. The summed E-state index contributed by atoms with van der Waals surface area (Å²) in [6, 6.07) is 8.54. The summed E-state index contributed by atoms with van der Waals surface area (Å²) in [5.74, 6) is -0.433. The highest BCUT2D eigenvalue weighted by Crippen LogP contribution is 2.31. The van der Waals surface area contributed by atoms with Gasteiger partial charge in [0.2, 0.25) is 0 Å². The molecule has 0 spiro atoms. The van der Waals surface area contributed by atoms with Crippen LogP contribution in [0, 0.1) is 0 Å². The van der Waals surface area contributed by atoms with Gasteiger partial charge in [-0.2, -0.15) is 5.10 Å². The summed E-state index contributed by atoms with van der Waals surface area (Å²) in [7, 11) is 0. The number of hydrogen-bond acceptors (Lipinski definition) is 6. The summed E-state index contributed by atoms with van der Waals surface area (Å²) in [6.07, 6.45) is 4.94. The van der Waals surface area contributed by atoms with Crippen LogP contribution in [0.2, 0.25) is 5.15 Å². The molecule has 0 bridgehead atoms. The van der Waals surface area contributed by atoms with Gasteiger partial charge in [0.05, 0.1) is 11.1 Å². The van der Waals surface area contributed by atoms with Gasteiger partial charge in [0.1, 0.15) is 5.54 Å². The zero-order valence-electron chi connectivity index (χ0n) is 15.4. The van der Waals surface area contributed by atoms with Crippen molar-refractivity contribution < 1.29 is 9.59 Å². The maximum Gasteiger partial charge on any atom is 0.346 e. The summed E-state index contributed by atoms with van der Waals surface area (Å²) in [6.45, 7) is 3.60. The van der Waals surface area contributed by atoms with Crippen LogP contribution < -0.4 is 10.2 Å².